The molecular weight excluding hydrogens is 435 g/mol. The second-order valence-corrected chi connectivity index (χ2v) is 8.13. The minimum absolute atomic E-state index is 0.0724. The van der Waals surface area contributed by atoms with Crippen LogP contribution in [0.2, 0.25) is 10.0 Å². The summed E-state index contributed by atoms with van der Waals surface area (Å²) in [4.78, 5) is 25.8. The molecule has 1 aliphatic carbocycles. The van der Waals surface area contributed by atoms with Crippen LogP contribution >= 0.6 is 23.2 Å². The summed E-state index contributed by atoms with van der Waals surface area (Å²) >= 11 is 12.3. The molecule has 4 rings (SSSR count). The molecule has 1 aliphatic heterocycles. The summed E-state index contributed by atoms with van der Waals surface area (Å²) in [5.41, 5.74) is 11.3. The molecule has 6 nitrogen and oxygen atoms in total. The number of hydrazine groups is 1. The highest BCUT2D eigenvalue weighted by Crippen LogP contribution is 2.45. The van der Waals surface area contributed by atoms with E-state index in [-0.39, 0.29) is 17.2 Å². The van der Waals surface area contributed by atoms with Crippen molar-refractivity contribution in [2.45, 2.75) is 25.2 Å². The van der Waals surface area contributed by atoms with Gasteiger partial charge >= 0.3 is 0 Å². The average molecular weight is 453 g/mol. The van der Waals surface area contributed by atoms with E-state index < -0.39 is 11.8 Å². The van der Waals surface area contributed by atoms with E-state index in [2.05, 4.69) is 11.5 Å². The van der Waals surface area contributed by atoms with Crippen LogP contribution in [0.4, 0.5) is 0 Å². The van der Waals surface area contributed by atoms with Gasteiger partial charge in [0.2, 0.25) is 0 Å². The molecule has 0 radical (unpaired) electrons. The first-order valence-electron chi connectivity index (χ1n) is 9.69. The van der Waals surface area contributed by atoms with Gasteiger partial charge in [0.1, 0.15) is 5.82 Å². The van der Waals surface area contributed by atoms with Gasteiger partial charge in [0.15, 0.2) is 5.78 Å². The number of allylic oxidation sites excluding steroid dienone is 3. The van der Waals surface area contributed by atoms with Crippen molar-refractivity contribution >= 4 is 34.9 Å². The van der Waals surface area contributed by atoms with E-state index >= 15 is 0 Å². The standard InChI is InChI=1S/C23H18Cl2N4O2/c24-14-10-8-13(9-11-14)23(31)28-29-18-6-3-7-19(30)21(18)20(16(12-26)22(29)27)15-4-1-2-5-17(15)25/h1-2,4-5,8-11,20H,3,6-7,27H2,(H,28,31). The lowest BCUT2D eigenvalue weighted by molar-refractivity contribution is -0.116. The van der Waals surface area contributed by atoms with Crippen LogP contribution in [0.3, 0.4) is 0 Å². The fraction of sp³-hybridized carbons (Fsp3) is 0.174. The Morgan fingerprint density at radius 1 is 1.13 bits per heavy atom. The molecule has 2 aromatic carbocycles. The SMILES string of the molecule is N#CC1=C(N)N(NC(=O)c2ccc(Cl)cc2)C2=C(C(=O)CCC2)C1c1ccccc1Cl. The molecule has 0 fully saturated rings. The molecule has 1 heterocycles. The number of halogens is 2. The highest BCUT2D eigenvalue weighted by molar-refractivity contribution is 6.31. The van der Waals surface area contributed by atoms with Gasteiger partial charge in [-0.1, -0.05) is 41.4 Å². The summed E-state index contributed by atoms with van der Waals surface area (Å²) in [6.45, 7) is 0. The minimum atomic E-state index is -0.676. The number of hydrogen-bond acceptors (Lipinski definition) is 5. The van der Waals surface area contributed by atoms with E-state index in [1.54, 1.807) is 48.5 Å². The van der Waals surface area contributed by atoms with Crippen LogP contribution in [0.15, 0.2) is 71.2 Å². The van der Waals surface area contributed by atoms with Crippen molar-refractivity contribution < 1.29 is 9.59 Å². The lowest BCUT2D eigenvalue weighted by atomic mass is 9.76. The van der Waals surface area contributed by atoms with Gasteiger partial charge in [-0.05, 0) is 48.7 Å². The fourth-order valence-corrected chi connectivity index (χ4v) is 4.37. The number of rotatable bonds is 3. The Morgan fingerprint density at radius 2 is 1.84 bits per heavy atom. The predicted octanol–water partition coefficient (Wildman–Crippen LogP) is 4.44. The summed E-state index contributed by atoms with van der Waals surface area (Å²) in [5, 5.41) is 12.3. The first kappa shape index (κ1) is 21.0. The molecule has 3 N–H and O–H groups in total. The minimum Gasteiger partial charge on any atom is -0.383 e. The third kappa shape index (κ3) is 3.78. The molecule has 0 aromatic heterocycles. The Morgan fingerprint density at radius 3 is 2.52 bits per heavy atom. The van der Waals surface area contributed by atoms with Gasteiger partial charge in [-0.3, -0.25) is 15.0 Å². The summed E-state index contributed by atoms with van der Waals surface area (Å²) in [6, 6.07) is 15.6. The zero-order valence-corrected chi connectivity index (χ0v) is 17.9. The number of amides is 1. The van der Waals surface area contributed by atoms with Gasteiger partial charge in [-0.15, -0.1) is 0 Å². The quantitative estimate of drug-likeness (QED) is 0.716. The molecule has 2 aromatic rings. The van der Waals surface area contributed by atoms with E-state index in [9.17, 15) is 14.9 Å². The third-order valence-electron chi connectivity index (χ3n) is 5.45. The highest BCUT2D eigenvalue weighted by atomic mass is 35.5. The van der Waals surface area contributed by atoms with Gasteiger partial charge < -0.3 is 5.73 Å². The Bertz CT molecular complexity index is 1180. The molecular formula is C23H18Cl2N4O2. The number of Topliss-reactive ketones (excluding diaryl/α,β-unsaturated/α-hetero) is 1. The lowest BCUT2D eigenvalue weighted by Crippen LogP contribution is -2.48. The molecule has 8 heteroatoms. The Balaban J connectivity index is 1.82. The Kier molecular flexibility index (Phi) is 5.73. The molecule has 31 heavy (non-hydrogen) atoms. The smallest absolute Gasteiger partial charge is 0.270 e. The fourth-order valence-electron chi connectivity index (χ4n) is 4.00. The van der Waals surface area contributed by atoms with Crippen molar-refractivity contribution in [3.63, 3.8) is 0 Å². The maximum absolute atomic E-state index is 13.0. The summed E-state index contributed by atoms with van der Waals surface area (Å²) < 4.78 is 0. The monoisotopic (exact) mass is 452 g/mol. The van der Waals surface area contributed by atoms with E-state index in [4.69, 9.17) is 28.9 Å². The number of nitrogens with zero attached hydrogens (tertiary/aromatic N) is 2. The maximum atomic E-state index is 13.0. The van der Waals surface area contributed by atoms with Crippen molar-refractivity contribution in [2.75, 3.05) is 0 Å². The van der Waals surface area contributed by atoms with Gasteiger partial charge in [-0.2, -0.15) is 5.26 Å². The first-order valence-corrected chi connectivity index (χ1v) is 10.4. The summed E-state index contributed by atoms with van der Waals surface area (Å²) in [5.74, 6) is -1.12. The van der Waals surface area contributed by atoms with Gasteiger partial charge in [-0.25, -0.2) is 5.01 Å². The lowest BCUT2D eigenvalue weighted by Gasteiger charge is -2.39. The topological polar surface area (TPSA) is 99.2 Å². The summed E-state index contributed by atoms with van der Waals surface area (Å²) in [6.07, 6.45) is 1.51. The number of ketones is 1. The number of nitrogens with one attached hydrogen (secondary N) is 1. The molecule has 0 saturated carbocycles. The zero-order valence-electron chi connectivity index (χ0n) is 16.4. The largest absolute Gasteiger partial charge is 0.383 e. The third-order valence-corrected chi connectivity index (χ3v) is 6.05. The van der Waals surface area contributed by atoms with Crippen LogP contribution in [-0.2, 0) is 4.79 Å². The predicted molar refractivity (Wildman–Crippen MR) is 118 cm³/mol. The van der Waals surface area contributed by atoms with Gasteiger partial charge in [0.25, 0.3) is 5.91 Å². The molecule has 1 atom stereocenters. The van der Waals surface area contributed by atoms with E-state index in [1.807, 2.05) is 0 Å². The second kappa shape index (κ2) is 8.46. The Labute approximate surface area is 189 Å². The normalized spacial score (nSPS) is 18.5. The van der Waals surface area contributed by atoms with Crippen LogP contribution in [0.25, 0.3) is 0 Å². The molecule has 1 amide bonds. The molecule has 2 aliphatic rings. The average Bonchev–Trinajstić information content (AvgIpc) is 2.76. The van der Waals surface area contributed by atoms with Crippen molar-refractivity contribution in [3.05, 3.63) is 92.4 Å². The zero-order chi connectivity index (χ0) is 22.1. The van der Waals surface area contributed by atoms with Crippen molar-refractivity contribution in [3.8, 4) is 6.07 Å². The molecule has 0 bridgehead atoms. The first-order chi connectivity index (χ1) is 14.9. The van der Waals surface area contributed by atoms with Crippen LogP contribution < -0.4 is 11.2 Å². The summed E-state index contributed by atoms with van der Waals surface area (Å²) in [7, 11) is 0. The molecule has 0 spiro atoms. The van der Waals surface area contributed by atoms with E-state index in [0.717, 1.165) is 0 Å². The van der Waals surface area contributed by atoms with E-state index in [0.29, 0.717) is 51.7 Å². The van der Waals surface area contributed by atoms with Crippen LogP contribution in [-0.4, -0.2) is 16.7 Å². The maximum Gasteiger partial charge on any atom is 0.270 e. The number of benzene rings is 2. The van der Waals surface area contributed by atoms with Crippen LogP contribution in [0, 0.1) is 11.3 Å². The molecule has 156 valence electrons. The van der Waals surface area contributed by atoms with Gasteiger partial charge in [0.05, 0.1) is 17.6 Å². The van der Waals surface area contributed by atoms with E-state index in [1.165, 1.54) is 5.01 Å². The number of carbonyl (C=O) groups excluding carboxylic acids is 2. The molecule has 1 unspecified atom stereocenters. The number of carbonyl (C=O) groups is 2. The van der Waals surface area contributed by atoms with Crippen LogP contribution in [0.5, 0.6) is 0 Å². The highest BCUT2D eigenvalue weighted by Gasteiger charge is 2.41. The number of nitrogens with two attached hydrogens (primary N) is 1. The van der Waals surface area contributed by atoms with Crippen molar-refractivity contribution in [1.29, 1.82) is 5.26 Å². The molecule has 0 saturated heterocycles. The number of hydrogen-bond donors (Lipinski definition) is 2. The number of nitriles is 1. The van der Waals surface area contributed by atoms with Gasteiger partial charge in [0, 0.05) is 33.3 Å². The van der Waals surface area contributed by atoms with Crippen molar-refractivity contribution in [2.24, 2.45) is 5.73 Å². The van der Waals surface area contributed by atoms with Crippen molar-refractivity contribution in [1.82, 2.24) is 10.4 Å². The second-order valence-electron chi connectivity index (χ2n) is 7.29. The Hall–Kier alpha value is -3.27. The van der Waals surface area contributed by atoms with Crippen LogP contribution in [0.1, 0.15) is 41.1 Å².